The van der Waals surface area contributed by atoms with Gasteiger partial charge >= 0.3 is 5.97 Å². The Morgan fingerprint density at radius 1 is 1.14 bits per heavy atom. The highest BCUT2D eigenvalue weighted by Crippen LogP contribution is 2.35. The zero-order chi connectivity index (χ0) is 24.9. The SMILES string of the molecule is CCCOc1ccc(/C=c2\sc3n(c2=O)[C@H](c2ccccc2OC)C(C(=O)OCC)=C(C)N=3)cc1. The third kappa shape index (κ3) is 4.93. The molecule has 0 fully saturated rings. The monoisotopic (exact) mass is 492 g/mol. The summed E-state index contributed by atoms with van der Waals surface area (Å²) in [5.74, 6) is 0.865. The maximum atomic E-state index is 13.7. The first-order valence-corrected chi connectivity index (χ1v) is 12.4. The van der Waals surface area contributed by atoms with Crippen LogP contribution < -0.4 is 24.4 Å². The van der Waals surface area contributed by atoms with Crippen molar-refractivity contribution in [3.05, 3.63) is 90.6 Å². The molecule has 1 aromatic heterocycles. The largest absolute Gasteiger partial charge is 0.496 e. The molecule has 1 aliphatic heterocycles. The van der Waals surface area contributed by atoms with E-state index in [1.165, 1.54) is 11.3 Å². The molecular weight excluding hydrogens is 464 g/mol. The molecule has 0 radical (unpaired) electrons. The second-order valence-electron chi connectivity index (χ2n) is 7.96. The predicted molar refractivity (Wildman–Crippen MR) is 136 cm³/mol. The molecule has 0 aliphatic carbocycles. The fourth-order valence-electron chi connectivity index (χ4n) is 4.01. The number of rotatable bonds is 8. The van der Waals surface area contributed by atoms with Crippen LogP contribution in [-0.4, -0.2) is 30.9 Å². The Balaban J connectivity index is 1.87. The van der Waals surface area contributed by atoms with Gasteiger partial charge in [0, 0.05) is 5.56 Å². The van der Waals surface area contributed by atoms with Crippen molar-refractivity contribution in [3.8, 4) is 11.5 Å². The molecular formula is C27H28N2O5S. The topological polar surface area (TPSA) is 79.1 Å². The van der Waals surface area contributed by atoms with Crippen molar-refractivity contribution < 1.29 is 19.0 Å². The van der Waals surface area contributed by atoms with Crippen LogP contribution in [0.2, 0.25) is 0 Å². The summed E-state index contributed by atoms with van der Waals surface area (Å²) < 4.78 is 18.7. The van der Waals surface area contributed by atoms with Crippen LogP contribution in [0.4, 0.5) is 0 Å². The lowest BCUT2D eigenvalue weighted by Gasteiger charge is -2.25. The Morgan fingerprint density at radius 3 is 2.57 bits per heavy atom. The van der Waals surface area contributed by atoms with Crippen molar-refractivity contribution in [2.75, 3.05) is 20.3 Å². The molecule has 1 aliphatic rings. The van der Waals surface area contributed by atoms with E-state index in [1.54, 1.807) is 25.5 Å². The molecule has 4 rings (SSSR count). The Morgan fingerprint density at radius 2 is 1.89 bits per heavy atom. The molecule has 1 atom stereocenters. The van der Waals surface area contributed by atoms with E-state index in [0.717, 1.165) is 17.7 Å². The van der Waals surface area contributed by atoms with Crippen LogP contribution in [0.3, 0.4) is 0 Å². The van der Waals surface area contributed by atoms with Gasteiger partial charge in [-0.15, -0.1) is 0 Å². The van der Waals surface area contributed by atoms with Crippen LogP contribution in [0, 0.1) is 0 Å². The molecule has 0 amide bonds. The minimum absolute atomic E-state index is 0.219. The highest BCUT2D eigenvalue weighted by atomic mass is 32.1. The van der Waals surface area contributed by atoms with E-state index in [9.17, 15) is 9.59 Å². The number of esters is 1. The first kappa shape index (κ1) is 24.5. The number of allylic oxidation sites excluding steroid dienone is 1. The molecule has 0 N–H and O–H groups in total. The van der Waals surface area contributed by atoms with Crippen LogP contribution in [-0.2, 0) is 9.53 Å². The van der Waals surface area contributed by atoms with Crippen LogP contribution in [0.15, 0.2) is 69.6 Å². The van der Waals surface area contributed by atoms with Gasteiger partial charge in [0.1, 0.15) is 17.5 Å². The number of ether oxygens (including phenoxy) is 3. The van der Waals surface area contributed by atoms with Crippen molar-refractivity contribution in [1.29, 1.82) is 0 Å². The molecule has 0 spiro atoms. The van der Waals surface area contributed by atoms with Crippen molar-refractivity contribution in [1.82, 2.24) is 4.57 Å². The summed E-state index contributed by atoms with van der Waals surface area (Å²) in [6, 6.07) is 14.3. The second kappa shape index (κ2) is 10.7. The minimum atomic E-state index is -0.714. The van der Waals surface area contributed by atoms with E-state index < -0.39 is 12.0 Å². The molecule has 35 heavy (non-hydrogen) atoms. The Labute approximate surface area is 207 Å². The van der Waals surface area contributed by atoms with Gasteiger partial charge in [-0.2, -0.15) is 0 Å². The van der Waals surface area contributed by atoms with E-state index in [4.69, 9.17) is 14.2 Å². The fraction of sp³-hybridized carbons (Fsp3) is 0.296. The number of nitrogens with zero attached hydrogens (tertiary/aromatic N) is 2. The smallest absolute Gasteiger partial charge is 0.338 e. The second-order valence-corrected chi connectivity index (χ2v) is 8.97. The number of aromatic nitrogens is 1. The highest BCUT2D eigenvalue weighted by molar-refractivity contribution is 7.07. The average molecular weight is 493 g/mol. The van der Waals surface area contributed by atoms with Gasteiger partial charge in [-0.25, -0.2) is 9.79 Å². The summed E-state index contributed by atoms with van der Waals surface area (Å²) in [5, 5.41) is 0. The van der Waals surface area contributed by atoms with Gasteiger partial charge in [0.25, 0.3) is 5.56 Å². The molecule has 0 saturated carbocycles. The lowest BCUT2D eigenvalue weighted by atomic mass is 9.95. The van der Waals surface area contributed by atoms with Crippen LogP contribution >= 0.6 is 11.3 Å². The number of hydrogen-bond donors (Lipinski definition) is 0. The third-order valence-corrected chi connectivity index (χ3v) is 6.58. The number of fused-ring (bicyclic) bond motifs is 1. The Kier molecular flexibility index (Phi) is 7.51. The zero-order valence-electron chi connectivity index (χ0n) is 20.2. The minimum Gasteiger partial charge on any atom is -0.496 e. The molecule has 182 valence electrons. The number of carbonyl (C=O) groups is 1. The average Bonchev–Trinajstić information content (AvgIpc) is 3.17. The summed E-state index contributed by atoms with van der Waals surface area (Å²) in [6.07, 6.45) is 2.76. The van der Waals surface area contributed by atoms with Crippen molar-refractivity contribution in [2.24, 2.45) is 4.99 Å². The summed E-state index contributed by atoms with van der Waals surface area (Å²) in [7, 11) is 1.57. The van der Waals surface area contributed by atoms with E-state index in [-0.39, 0.29) is 12.2 Å². The maximum Gasteiger partial charge on any atom is 0.338 e. The number of methoxy groups -OCH3 is 1. The van der Waals surface area contributed by atoms with Crippen LogP contribution in [0.5, 0.6) is 11.5 Å². The maximum absolute atomic E-state index is 13.7. The first-order chi connectivity index (χ1) is 17.0. The van der Waals surface area contributed by atoms with Gasteiger partial charge in [0.05, 0.1) is 36.1 Å². The highest BCUT2D eigenvalue weighted by Gasteiger charge is 2.34. The summed E-state index contributed by atoms with van der Waals surface area (Å²) >= 11 is 1.29. The molecule has 2 heterocycles. The molecule has 0 bridgehead atoms. The van der Waals surface area contributed by atoms with E-state index in [0.29, 0.717) is 38.5 Å². The summed E-state index contributed by atoms with van der Waals surface area (Å²) in [4.78, 5) is 31.8. The molecule has 0 saturated heterocycles. The van der Waals surface area contributed by atoms with Gasteiger partial charge in [0.2, 0.25) is 0 Å². The van der Waals surface area contributed by atoms with E-state index >= 15 is 0 Å². The molecule has 8 heteroatoms. The lowest BCUT2D eigenvalue weighted by molar-refractivity contribution is -0.139. The van der Waals surface area contributed by atoms with Crippen molar-refractivity contribution >= 4 is 23.4 Å². The fourth-order valence-corrected chi connectivity index (χ4v) is 5.06. The third-order valence-electron chi connectivity index (χ3n) is 5.60. The lowest BCUT2D eigenvalue weighted by Crippen LogP contribution is -2.40. The quantitative estimate of drug-likeness (QED) is 0.449. The number of benzene rings is 2. The van der Waals surface area contributed by atoms with E-state index in [1.807, 2.05) is 54.6 Å². The number of carbonyl (C=O) groups excluding carboxylic acids is 1. The van der Waals surface area contributed by atoms with Crippen LogP contribution in [0.1, 0.15) is 44.4 Å². The first-order valence-electron chi connectivity index (χ1n) is 11.5. The molecule has 7 nitrogen and oxygen atoms in total. The van der Waals surface area contributed by atoms with Gasteiger partial charge in [-0.05, 0) is 50.1 Å². The number of thiazole rings is 1. The number of hydrogen-bond acceptors (Lipinski definition) is 7. The normalized spacial score (nSPS) is 15.4. The van der Waals surface area contributed by atoms with Crippen molar-refractivity contribution in [2.45, 2.75) is 33.2 Å². The van der Waals surface area contributed by atoms with Gasteiger partial charge < -0.3 is 14.2 Å². The molecule has 3 aromatic rings. The summed E-state index contributed by atoms with van der Waals surface area (Å²) in [6.45, 7) is 6.45. The zero-order valence-corrected chi connectivity index (χ0v) is 21.1. The predicted octanol–water partition coefficient (Wildman–Crippen LogP) is 3.60. The number of para-hydroxylation sites is 1. The van der Waals surface area contributed by atoms with Gasteiger partial charge in [-0.1, -0.05) is 48.6 Å². The van der Waals surface area contributed by atoms with Gasteiger partial charge in [0.15, 0.2) is 4.80 Å². The van der Waals surface area contributed by atoms with Crippen LogP contribution in [0.25, 0.3) is 6.08 Å². The Hall–Kier alpha value is -3.65. The molecule has 2 aromatic carbocycles. The van der Waals surface area contributed by atoms with Crippen molar-refractivity contribution in [3.63, 3.8) is 0 Å². The Bertz CT molecular complexity index is 1430. The van der Waals surface area contributed by atoms with E-state index in [2.05, 4.69) is 11.9 Å². The standard InChI is InChI=1S/C27H28N2O5S/c1-5-15-34-19-13-11-18(12-14-19)16-22-25(30)29-24(20-9-7-8-10-21(20)32-4)23(26(31)33-6-2)17(3)28-27(29)35-22/h7-14,16,24H,5-6,15H2,1-4H3/b22-16-/t24-/m1/s1. The summed E-state index contributed by atoms with van der Waals surface area (Å²) in [5.41, 5.74) is 2.18. The van der Waals surface area contributed by atoms with Gasteiger partial charge in [-0.3, -0.25) is 9.36 Å². The molecule has 0 unspecified atom stereocenters.